The average molecular weight is 393 g/mol. The van der Waals surface area contributed by atoms with Crippen molar-refractivity contribution >= 4 is 12.1 Å². The van der Waals surface area contributed by atoms with Crippen LogP contribution in [0.5, 0.6) is 0 Å². The maximum Gasteiger partial charge on any atom is 0.233 e. The number of rotatable bonds is 7. The van der Waals surface area contributed by atoms with E-state index >= 15 is 0 Å². The molecule has 1 heterocycles. The highest BCUT2D eigenvalue weighted by molar-refractivity contribution is 5.51. The van der Waals surface area contributed by atoms with Gasteiger partial charge in [0.2, 0.25) is 6.41 Å². The number of hydrogen-bond donors (Lipinski definition) is 2. The fourth-order valence-electron chi connectivity index (χ4n) is 3.16. The van der Waals surface area contributed by atoms with E-state index in [0.29, 0.717) is 11.5 Å². The third-order valence-corrected chi connectivity index (χ3v) is 4.70. The number of nitrogens with zero attached hydrogens (tertiary/aromatic N) is 2. The fourth-order valence-corrected chi connectivity index (χ4v) is 3.16. The van der Waals surface area contributed by atoms with Crippen LogP contribution < -0.4 is 5.32 Å². The molecule has 0 aromatic heterocycles. The summed E-state index contributed by atoms with van der Waals surface area (Å²) < 4.78 is 5.39. The van der Waals surface area contributed by atoms with Crippen LogP contribution in [-0.2, 0) is 16.1 Å². The van der Waals surface area contributed by atoms with Crippen molar-refractivity contribution < 1.29 is 14.7 Å². The number of ether oxygens (including phenoxy) is 1. The summed E-state index contributed by atoms with van der Waals surface area (Å²) in [5.41, 5.74) is 4.12. The Balaban J connectivity index is 1.53. The van der Waals surface area contributed by atoms with Crippen LogP contribution in [0.4, 0.5) is 5.69 Å². The number of hydroxylamine groups is 2. The van der Waals surface area contributed by atoms with Crippen LogP contribution in [0.15, 0.2) is 48.5 Å². The summed E-state index contributed by atoms with van der Waals surface area (Å²) in [4.78, 5) is 12.9. The third kappa shape index (κ3) is 6.91. The second kappa shape index (κ2) is 10.6. The Morgan fingerprint density at radius 2 is 1.69 bits per heavy atom. The molecule has 1 saturated heterocycles. The van der Waals surface area contributed by atoms with E-state index < -0.39 is 0 Å². The quantitative estimate of drug-likeness (QED) is 0.328. The summed E-state index contributed by atoms with van der Waals surface area (Å²) >= 11 is 0. The first-order valence-corrected chi connectivity index (χ1v) is 9.81. The van der Waals surface area contributed by atoms with Crippen LogP contribution in [0.25, 0.3) is 0 Å². The molecule has 1 atom stereocenters. The Labute approximate surface area is 172 Å². The standard InChI is InChI=1S/C23H27N3O3/c1-19(16-26(28)18-27)24-23-10-8-21(9-11-23)3-2-20-4-6-22(7-5-20)17-25-12-14-29-15-13-25/h4-11,18-19,24,28H,12-17H2,1H3. The highest BCUT2D eigenvalue weighted by Gasteiger charge is 2.10. The number of carbonyl (C=O) groups is 1. The molecule has 2 N–H and O–H groups in total. The Hall–Kier alpha value is -2.85. The van der Waals surface area contributed by atoms with Crippen LogP contribution in [0.3, 0.4) is 0 Å². The molecule has 1 fully saturated rings. The Kier molecular flexibility index (Phi) is 7.65. The highest BCUT2D eigenvalue weighted by atomic mass is 16.5. The summed E-state index contributed by atoms with van der Waals surface area (Å²) in [5, 5.41) is 13.1. The van der Waals surface area contributed by atoms with E-state index in [1.54, 1.807) is 0 Å². The second-order valence-corrected chi connectivity index (χ2v) is 7.19. The summed E-state index contributed by atoms with van der Waals surface area (Å²) in [6.07, 6.45) is 0.395. The van der Waals surface area contributed by atoms with Crippen LogP contribution in [0, 0.1) is 11.8 Å². The van der Waals surface area contributed by atoms with E-state index in [4.69, 9.17) is 4.74 Å². The number of nitrogens with one attached hydrogen (secondary N) is 1. The molecule has 2 aromatic rings. The number of amides is 1. The predicted molar refractivity (Wildman–Crippen MR) is 113 cm³/mol. The summed E-state index contributed by atoms with van der Waals surface area (Å²) in [5.74, 6) is 6.39. The van der Waals surface area contributed by atoms with Crippen molar-refractivity contribution in [2.24, 2.45) is 0 Å². The lowest BCUT2D eigenvalue weighted by atomic mass is 10.1. The van der Waals surface area contributed by atoms with Gasteiger partial charge in [-0.2, -0.15) is 0 Å². The molecular weight excluding hydrogens is 366 g/mol. The van der Waals surface area contributed by atoms with Gasteiger partial charge in [0.1, 0.15) is 0 Å². The number of hydrogen-bond acceptors (Lipinski definition) is 5. The van der Waals surface area contributed by atoms with Gasteiger partial charge >= 0.3 is 0 Å². The molecule has 0 saturated carbocycles. The van der Waals surface area contributed by atoms with E-state index in [1.807, 2.05) is 31.2 Å². The van der Waals surface area contributed by atoms with Crippen molar-refractivity contribution in [1.82, 2.24) is 9.96 Å². The molecule has 6 nitrogen and oxygen atoms in total. The summed E-state index contributed by atoms with van der Waals surface area (Å²) in [6.45, 7) is 6.66. The molecule has 1 aliphatic rings. The smallest absolute Gasteiger partial charge is 0.233 e. The SMILES string of the molecule is CC(CN(O)C=O)Nc1ccc(C#Cc2ccc(CN3CCOCC3)cc2)cc1. The molecular formula is C23H27N3O3. The number of carbonyl (C=O) groups excluding carboxylic acids is 1. The molecule has 0 spiro atoms. The van der Waals surface area contributed by atoms with Crippen molar-refractivity contribution in [2.75, 3.05) is 38.2 Å². The average Bonchev–Trinajstić information content (AvgIpc) is 2.75. The zero-order valence-electron chi connectivity index (χ0n) is 16.7. The van der Waals surface area contributed by atoms with E-state index in [9.17, 15) is 10.0 Å². The Morgan fingerprint density at radius 3 is 2.28 bits per heavy atom. The van der Waals surface area contributed by atoms with E-state index in [2.05, 4.69) is 46.3 Å². The van der Waals surface area contributed by atoms with Gasteiger partial charge in [0, 0.05) is 42.5 Å². The van der Waals surface area contributed by atoms with Gasteiger partial charge in [-0.1, -0.05) is 24.0 Å². The molecule has 152 valence electrons. The van der Waals surface area contributed by atoms with Crippen molar-refractivity contribution in [2.45, 2.75) is 19.5 Å². The lowest BCUT2D eigenvalue weighted by Crippen LogP contribution is -2.35. The number of morpholine rings is 1. The summed E-state index contributed by atoms with van der Waals surface area (Å²) in [6, 6.07) is 16.1. The van der Waals surface area contributed by atoms with Crippen molar-refractivity contribution in [1.29, 1.82) is 0 Å². The minimum absolute atomic E-state index is 0.0712. The molecule has 1 amide bonds. The first-order valence-electron chi connectivity index (χ1n) is 9.81. The first kappa shape index (κ1) is 20.9. The van der Waals surface area contributed by atoms with E-state index in [1.165, 1.54) is 5.56 Å². The zero-order chi connectivity index (χ0) is 20.5. The Morgan fingerprint density at radius 1 is 1.10 bits per heavy atom. The lowest BCUT2D eigenvalue weighted by molar-refractivity contribution is -0.150. The van der Waals surface area contributed by atoms with Gasteiger partial charge in [0.15, 0.2) is 0 Å². The minimum Gasteiger partial charge on any atom is -0.381 e. The van der Waals surface area contributed by atoms with Crippen LogP contribution in [0.1, 0.15) is 23.6 Å². The largest absolute Gasteiger partial charge is 0.381 e. The molecule has 1 aliphatic heterocycles. The predicted octanol–water partition coefficient (Wildman–Crippen LogP) is 2.57. The van der Waals surface area contributed by atoms with Gasteiger partial charge in [0.25, 0.3) is 0 Å². The first-order chi connectivity index (χ1) is 14.1. The van der Waals surface area contributed by atoms with Gasteiger partial charge in [-0.25, -0.2) is 5.06 Å². The van der Waals surface area contributed by atoms with Gasteiger partial charge in [0.05, 0.1) is 19.8 Å². The van der Waals surface area contributed by atoms with Crippen LogP contribution >= 0.6 is 0 Å². The van der Waals surface area contributed by atoms with E-state index in [-0.39, 0.29) is 12.6 Å². The molecule has 2 aromatic carbocycles. The van der Waals surface area contributed by atoms with Crippen molar-refractivity contribution in [3.8, 4) is 11.8 Å². The Bertz CT molecular complexity index is 834. The highest BCUT2D eigenvalue weighted by Crippen LogP contribution is 2.12. The number of benzene rings is 2. The minimum atomic E-state index is -0.0712. The lowest BCUT2D eigenvalue weighted by Gasteiger charge is -2.26. The maximum absolute atomic E-state index is 10.5. The summed E-state index contributed by atoms with van der Waals surface area (Å²) in [7, 11) is 0. The zero-order valence-corrected chi connectivity index (χ0v) is 16.7. The monoisotopic (exact) mass is 393 g/mol. The number of anilines is 1. The maximum atomic E-state index is 10.5. The third-order valence-electron chi connectivity index (χ3n) is 4.70. The van der Waals surface area contributed by atoms with Crippen LogP contribution in [0.2, 0.25) is 0 Å². The van der Waals surface area contributed by atoms with Gasteiger partial charge in [-0.05, 0) is 48.9 Å². The normalized spacial score (nSPS) is 15.1. The molecule has 0 bridgehead atoms. The van der Waals surface area contributed by atoms with Gasteiger partial charge in [-0.15, -0.1) is 0 Å². The van der Waals surface area contributed by atoms with Gasteiger partial charge < -0.3 is 10.1 Å². The molecule has 6 heteroatoms. The molecule has 3 rings (SSSR count). The topological polar surface area (TPSA) is 65.0 Å². The van der Waals surface area contributed by atoms with Crippen molar-refractivity contribution in [3.63, 3.8) is 0 Å². The van der Waals surface area contributed by atoms with Crippen molar-refractivity contribution in [3.05, 3.63) is 65.2 Å². The fraction of sp³-hybridized carbons (Fsp3) is 0.348. The molecule has 0 radical (unpaired) electrons. The molecule has 0 aliphatic carbocycles. The van der Waals surface area contributed by atoms with Crippen LogP contribution in [-0.4, -0.2) is 60.5 Å². The van der Waals surface area contributed by atoms with Gasteiger partial charge in [-0.3, -0.25) is 14.9 Å². The second-order valence-electron chi connectivity index (χ2n) is 7.19. The molecule has 1 unspecified atom stereocenters. The van der Waals surface area contributed by atoms with E-state index in [0.717, 1.165) is 49.7 Å². The molecule has 29 heavy (non-hydrogen) atoms.